The molecule has 1 aromatic rings. The van der Waals surface area contributed by atoms with E-state index in [1.807, 2.05) is 24.3 Å². The second-order valence-electron chi connectivity index (χ2n) is 2.34. The van der Waals surface area contributed by atoms with E-state index in [0.717, 1.165) is 15.9 Å². The zero-order valence-corrected chi connectivity index (χ0v) is 11.5. The van der Waals surface area contributed by atoms with E-state index in [-0.39, 0.29) is 3.23 Å². The Morgan fingerprint density at radius 2 is 1.67 bits per heavy atom. The van der Waals surface area contributed by atoms with Crippen molar-refractivity contribution in [3.05, 3.63) is 34.9 Å². The van der Waals surface area contributed by atoms with Gasteiger partial charge in [0.05, 0.1) is 0 Å². The van der Waals surface area contributed by atoms with Gasteiger partial charge in [-0.1, -0.05) is 71.5 Å². The fourth-order valence-electron chi connectivity index (χ4n) is 0.771. The molecule has 4 heteroatoms. The van der Waals surface area contributed by atoms with Crippen molar-refractivity contribution in [2.45, 2.75) is 3.23 Å². The van der Waals surface area contributed by atoms with Crippen molar-refractivity contribution in [3.8, 4) is 0 Å². The average molecular weight is 377 g/mol. The molecule has 0 unspecified atom stereocenters. The van der Waals surface area contributed by atoms with Gasteiger partial charge in [-0.15, -0.1) is 0 Å². The maximum atomic E-state index is 5.76. The lowest BCUT2D eigenvalue weighted by Crippen LogP contribution is -2.09. The summed E-state index contributed by atoms with van der Waals surface area (Å²) < 4.78 is -0.190. The molecule has 0 fully saturated rings. The molecule has 0 bridgehead atoms. The van der Waals surface area contributed by atoms with Crippen molar-refractivity contribution < 1.29 is 0 Å². The van der Waals surface area contributed by atoms with Crippen LogP contribution in [0.15, 0.2) is 24.3 Å². The summed E-state index contributed by atoms with van der Waals surface area (Å²) in [4.78, 5) is 0. The van der Waals surface area contributed by atoms with Gasteiger partial charge in [-0.25, -0.2) is 0 Å². The lowest BCUT2D eigenvalue weighted by atomic mass is 10.2. The molecule has 0 aromatic heterocycles. The monoisotopic (exact) mass is 374 g/mol. The fourth-order valence-corrected chi connectivity index (χ4v) is 1.75. The number of halogens is 4. The molecule has 1 aromatic carbocycles. The molecule has 0 spiro atoms. The van der Waals surface area contributed by atoms with Gasteiger partial charge in [0.15, 0.2) is 0 Å². The van der Waals surface area contributed by atoms with Gasteiger partial charge in [-0.05, 0) is 17.7 Å². The summed E-state index contributed by atoms with van der Waals surface area (Å²) in [5.74, 6) is 0. The first-order chi connectivity index (χ1) is 5.56. The van der Waals surface area contributed by atoms with Crippen molar-refractivity contribution >= 4 is 59.4 Å². The van der Waals surface area contributed by atoms with Gasteiger partial charge < -0.3 is 0 Å². The fraction of sp³-hybridized carbons (Fsp3) is 0.250. The number of hydrogen-bond donors (Lipinski definition) is 0. The van der Waals surface area contributed by atoms with Gasteiger partial charge in [0.2, 0.25) is 0 Å². The first-order valence-electron chi connectivity index (χ1n) is 3.26. The van der Waals surface area contributed by atoms with E-state index in [9.17, 15) is 0 Å². The topological polar surface area (TPSA) is 0 Å². The van der Waals surface area contributed by atoms with Crippen LogP contribution in [0.1, 0.15) is 5.56 Å². The number of benzene rings is 1. The molecule has 0 N–H and O–H groups in total. The third-order valence-electron chi connectivity index (χ3n) is 1.43. The van der Waals surface area contributed by atoms with Crippen molar-refractivity contribution in [2.24, 2.45) is 0 Å². The summed E-state index contributed by atoms with van der Waals surface area (Å²) in [6, 6.07) is 7.70. The third-order valence-corrected chi connectivity index (χ3v) is 5.51. The summed E-state index contributed by atoms with van der Waals surface area (Å²) in [5.41, 5.74) is 1.14. The zero-order valence-electron chi connectivity index (χ0n) is 6.03. The van der Waals surface area contributed by atoms with E-state index in [4.69, 9.17) is 11.6 Å². The van der Waals surface area contributed by atoms with Crippen LogP contribution in [0.5, 0.6) is 0 Å². The highest BCUT2D eigenvalue weighted by Crippen LogP contribution is 2.39. The smallest absolute Gasteiger partial charge is 0.0900 e. The van der Waals surface area contributed by atoms with Crippen LogP contribution in [0.4, 0.5) is 0 Å². The summed E-state index contributed by atoms with van der Waals surface area (Å²) in [7, 11) is 0. The molecule has 0 aliphatic carbocycles. The largest absolute Gasteiger partial charge is 0.115 e. The first kappa shape index (κ1) is 11.0. The predicted molar refractivity (Wildman–Crippen MR) is 64.8 cm³/mol. The van der Waals surface area contributed by atoms with E-state index >= 15 is 0 Å². The summed E-state index contributed by atoms with van der Waals surface area (Å²) >= 11 is 16.2. The highest BCUT2D eigenvalue weighted by atomic mass is 79.9. The summed E-state index contributed by atoms with van der Waals surface area (Å²) in [6.45, 7) is 0. The minimum absolute atomic E-state index is 0.190. The van der Waals surface area contributed by atoms with E-state index in [1.165, 1.54) is 0 Å². The van der Waals surface area contributed by atoms with Gasteiger partial charge in [0, 0.05) is 10.4 Å². The van der Waals surface area contributed by atoms with Crippen molar-refractivity contribution in [3.63, 3.8) is 0 Å². The average Bonchev–Trinajstić information content (AvgIpc) is 2.05. The summed E-state index contributed by atoms with van der Waals surface area (Å²) in [5, 5.41) is 1.55. The van der Waals surface area contributed by atoms with Crippen LogP contribution in [0.2, 0.25) is 5.02 Å². The molecule has 0 radical (unpaired) electrons. The Kier molecular flexibility index (Phi) is 4.09. The molecule has 0 heterocycles. The molecule has 0 aliphatic rings. The molecule has 1 rings (SSSR count). The van der Waals surface area contributed by atoms with E-state index in [0.29, 0.717) is 0 Å². The molecule has 0 nitrogen and oxygen atoms in total. The highest BCUT2D eigenvalue weighted by Gasteiger charge is 2.23. The van der Waals surface area contributed by atoms with Crippen LogP contribution in [0, 0.1) is 0 Å². The Morgan fingerprint density at radius 3 is 2.08 bits per heavy atom. The molecule has 0 saturated carbocycles. The molecule has 0 atom stereocenters. The Hall–Kier alpha value is 0.950. The minimum Gasteiger partial charge on any atom is -0.0900 e. The van der Waals surface area contributed by atoms with Gasteiger partial charge in [0.25, 0.3) is 0 Å². The van der Waals surface area contributed by atoms with Crippen molar-refractivity contribution in [2.75, 3.05) is 5.33 Å². The van der Waals surface area contributed by atoms with Crippen molar-refractivity contribution in [1.29, 1.82) is 0 Å². The Bertz CT molecular complexity index is 256. The maximum Gasteiger partial charge on any atom is 0.115 e. The molecule has 12 heavy (non-hydrogen) atoms. The Balaban J connectivity index is 2.96. The SMILES string of the molecule is Clc1ccc(C(Br)(Br)CBr)cc1. The minimum atomic E-state index is -0.190. The molecular formula is C8H6Br3Cl. The number of rotatable bonds is 2. The molecule has 0 amide bonds. The Labute approximate surface area is 102 Å². The molecule has 66 valence electrons. The lowest BCUT2D eigenvalue weighted by Gasteiger charge is -2.17. The quantitative estimate of drug-likeness (QED) is 0.657. The Morgan fingerprint density at radius 1 is 1.17 bits per heavy atom. The van der Waals surface area contributed by atoms with Crippen LogP contribution in [-0.4, -0.2) is 5.33 Å². The normalized spacial score (nSPS) is 11.7. The molecule has 0 saturated heterocycles. The van der Waals surface area contributed by atoms with Gasteiger partial charge in [-0.2, -0.15) is 0 Å². The highest BCUT2D eigenvalue weighted by molar-refractivity contribution is 9.25. The number of hydrogen-bond acceptors (Lipinski definition) is 0. The van der Waals surface area contributed by atoms with Crippen LogP contribution >= 0.6 is 59.4 Å². The molecule has 0 aliphatic heterocycles. The lowest BCUT2D eigenvalue weighted by molar-refractivity contribution is 1.09. The van der Waals surface area contributed by atoms with Gasteiger partial charge >= 0.3 is 0 Å². The third kappa shape index (κ3) is 2.72. The van der Waals surface area contributed by atoms with E-state index in [1.54, 1.807) is 0 Å². The van der Waals surface area contributed by atoms with Gasteiger partial charge in [-0.3, -0.25) is 0 Å². The second-order valence-corrected chi connectivity index (χ2v) is 7.11. The van der Waals surface area contributed by atoms with Crippen LogP contribution < -0.4 is 0 Å². The van der Waals surface area contributed by atoms with E-state index < -0.39 is 0 Å². The van der Waals surface area contributed by atoms with E-state index in [2.05, 4.69) is 47.8 Å². The van der Waals surface area contributed by atoms with Crippen LogP contribution in [0.3, 0.4) is 0 Å². The van der Waals surface area contributed by atoms with Crippen molar-refractivity contribution in [1.82, 2.24) is 0 Å². The number of alkyl halides is 3. The van der Waals surface area contributed by atoms with Crippen LogP contribution in [-0.2, 0) is 3.23 Å². The second kappa shape index (κ2) is 4.45. The maximum absolute atomic E-state index is 5.76. The van der Waals surface area contributed by atoms with Crippen LogP contribution in [0.25, 0.3) is 0 Å². The van der Waals surface area contributed by atoms with Gasteiger partial charge in [0.1, 0.15) is 3.23 Å². The molecular weight excluding hydrogens is 371 g/mol. The standard InChI is InChI=1S/C8H6Br3Cl/c9-5-8(10,11)6-1-3-7(12)4-2-6/h1-4H,5H2. The zero-order chi connectivity index (χ0) is 9.19. The predicted octanol–water partition coefficient (Wildman–Crippen LogP) is 4.68. The first-order valence-corrected chi connectivity index (χ1v) is 6.34. The summed E-state index contributed by atoms with van der Waals surface area (Å²) in [6.07, 6.45) is 0.